The molecule has 14 rings (SSSR count). The maximum atomic E-state index is 2.53. The van der Waals surface area contributed by atoms with E-state index in [9.17, 15) is 0 Å². The first-order valence-corrected chi connectivity index (χ1v) is 30.4. The summed E-state index contributed by atoms with van der Waals surface area (Å²) in [7, 11) is -0.936. The molecule has 0 aliphatic carbocycles. The van der Waals surface area contributed by atoms with Crippen molar-refractivity contribution in [2.75, 3.05) is 28.6 Å². The summed E-state index contributed by atoms with van der Waals surface area (Å²) in [5.74, 6) is 0. The molecule has 0 amide bonds. The maximum absolute atomic E-state index is 2.53. The Morgan fingerprint density at radius 3 is 1.12 bits per heavy atom. The number of rotatable bonds is 11. The Morgan fingerprint density at radius 2 is 0.625 bits per heavy atom. The van der Waals surface area contributed by atoms with Crippen molar-refractivity contribution in [1.82, 2.24) is 0 Å². The Balaban J connectivity index is 1.07. The van der Waals surface area contributed by atoms with E-state index in [1.807, 2.05) is 0 Å². The molecular formula is C77H58N2S. The van der Waals surface area contributed by atoms with E-state index in [2.05, 4.69) is 326 Å². The van der Waals surface area contributed by atoms with E-state index in [0.717, 1.165) is 61.2 Å². The number of hydrogen-bond acceptors (Lipinski definition) is 2. The summed E-state index contributed by atoms with van der Waals surface area (Å²) < 4.78 is 0. The summed E-state index contributed by atoms with van der Waals surface area (Å²) in [6.45, 7) is 0. The Labute approximate surface area is 470 Å². The van der Waals surface area contributed by atoms with E-state index in [-0.39, 0.29) is 0 Å². The quantitative estimate of drug-likeness (QED) is 0.0724. The van der Waals surface area contributed by atoms with Gasteiger partial charge in [-0.05, 0) is 173 Å². The highest BCUT2D eigenvalue weighted by atomic mass is 32.3. The minimum atomic E-state index is -0.936. The van der Waals surface area contributed by atoms with Crippen molar-refractivity contribution in [2.24, 2.45) is 0 Å². The van der Waals surface area contributed by atoms with Gasteiger partial charge in [0.2, 0.25) is 0 Å². The van der Waals surface area contributed by atoms with Crippen molar-refractivity contribution in [1.29, 1.82) is 0 Å². The highest BCUT2D eigenvalue weighted by molar-refractivity contribution is 8.32. The molecule has 0 saturated carbocycles. The normalized spacial score (nSPS) is 12.1. The van der Waals surface area contributed by atoms with Gasteiger partial charge in [0.05, 0.1) is 11.4 Å². The van der Waals surface area contributed by atoms with Gasteiger partial charge in [0, 0.05) is 44.3 Å². The minimum absolute atomic E-state index is 0.936. The van der Waals surface area contributed by atoms with Gasteiger partial charge in [0.25, 0.3) is 0 Å². The highest BCUT2D eigenvalue weighted by Crippen LogP contribution is 2.54. The van der Waals surface area contributed by atoms with Crippen LogP contribution in [0.4, 0.5) is 34.1 Å². The predicted octanol–water partition coefficient (Wildman–Crippen LogP) is 22.1. The fourth-order valence-electron chi connectivity index (χ4n) is 12.1. The molecule has 0 saturated heterocycles. The topological polar surface area (TPSA) is 6.48 Å². The van der Waals surface area contributed by atoms with E-state index in [1.54, 1.807) is 0 Å². The van der Waals surface area contributed by atoms with Crippen LogP contribution in [0, 0.1) is 0 Å². The average Bonchev–Trinajstić information content (AvgIpc) is 3.68. The van der Waals surface area contributed by atoms with E-state index >= 15 is 0 Å². The van der Waals surface area contributed by atoms with Gasteiger partial charge in [-0.15, -0.1) is 0 Å². The van der Waals surface area contributed by atoms with Gasteiger partial charge in [0.15, 0.2) is 0 Å². The minimum Gasteiger partial charge on any atom is -0.309 e. The molecular weight excluding hydrogens is 985 g/mol. The zero-order chi connectivity index (χ0) is 53.7. The van der Waals surface area contributed by atoms with Crippen LogP contribution in [0.3, 0.4) is 0 Å². The van der Waals surface area contributed by atoms with E-state index in [4.69, 9.17) is 0 Å². The van der Waals surface area contributed by atoms with Crippen LogP contribution >= 0.6 is 10.0 Å². The van der Waals surface area contributed by atoms with Gasteiger partial charge >= 0.3 is 0 Å². The Hall–Kier alpha value is -9.67. The Kier molecular flexibility index (Phi) is 12.3. The molecule has 0 spiro atoms. The van der Waals surface area contributed by atoms with Crippen LogP contribution < -0.4 is 9.80 Å². The van der Waals surface area contributed by atoms with Crippen LogP contribution in [0.5, 0.6) is 0 Å². The number of nitrogens with zero attached hydrogens (tertiary/aromatic N) is 2. The second kappa shape index (κ2) is 20.3. The molecule has 382 valence electrons. The number of benzene rings is 14. The Morgan fingerprint density at radius 1 is 0.263 bits per heavy atom. The SMILES string of the molecule is CS(C)(C)c1ccc(N(c2ccccc2)c2c3ccccc3c(N(c3ccc(/C=C/c4ccccc4)cc3)c3ccc4c(-c5ccc6ccccc6c5)c5ccccc5c(-c5ccc6ccccc6c5)c4c3)c3ccccc23)cc1. The van der Waals surface area contributed by atoms with Crippen LogP contribution in [0.2, 0.25) is 0 Å². The Bertz CT molecular complexity index is 4620. The largest absolute Gasteiger partial charge is 0.309 e. The summed E-state index contributed by atoms with van der Waals surface area (Å²) in [6, 6.07) is 106. The first-order chi connectivity index (χ1) is 39.3. The zero-order valence-corrected chi connectivity index (χ0v) is 45.9. The smallest absolute Gasteiger partial charge is 0.0619 e. The van der Waals surface area contributed by atoms with Crippen molar-refractivity contribution in [3.63, 3.8) is 0 Å². The highest BCUT2D eigenvalue weighted by Gasteiger charge is 2.27. The second-order valence-corrected chi connectivity index (χ2v) is 25.8. The molecule has 0 atom stereocenters. The molecule has 14 aromatic carbocycles. The summed E-state index contributed by atoms with van der Waals surface area (Å²) >= 11 is 0. The third-order valence-corrected chi connectivity index (χ3v) is 17.6. The van der Waals surface area contributed by atoms with Crippen LogP contribution in [0.15, 0.2) is 290 Å². The van der Waals surface area contributed by atoms with Crippen LogP contribution in [-0.2, 0) is 0 Å². The summed E-state index contributed by atoms with van der Waals surface area (Å²) in [6.07, 6.45) is 11.5. The molecule has 14 aromatic rings. The molecule has 0 aliphatic heterocycles. The van der Waals surface area contributed by atoms with Gasteiger partial charge in [-0.3, -0.25) is 0 Å². The van der Waals surface area contributed by atoms with Gasteiger partial charge in [-0.1, -0.05) is 224 Å². The summed E-state index contributed by atoms with van der Waals surface area (Å²) in [5.41, 5.74) is 13.7. The van der Waals surface area contributed by atoms with E-state index in [1.165, 1.54) is 75.8 Å². The molecule has 0 bridgehead atoms. The van der Waals surface area contributed by atoms with Gasteiger partial charge in [0.1, 0.15) is 0 Å². The molecule has 0 heterocycles. The maximum Gasteiger partial charge on any atom is 0.0619 e. The van der Waals surface area contributed by atoms with Crippen molar-refractivity contribution in [3.8, 4) is 22.3 Å². The summed E-state index contributed by atoms with van der Waals surface area (Å²) in [4.78, 5) is 6.38. The predicted molar refractivity (Wildman–Crippen MR) is 351 cm³/mol. The van der Waals surface area contributed by atoms with Crippen LogP contribution in [0.1, 0.15) is 11.1 Å². The van der Waals surface area contributed by atoms with Gasteiger partial charge in [-0.2, -0.15) is 0 Å². The van der Waals surface area contributed by atoms with Crippen LogP contribution in [0.25, 0.3) is 99.0 Å². The van der Waals surface area contributed by atoms with Gasteiger partial charge in [-0.25, -0.2) is 10.0 Å². The molecule has 80 heavy (non-hydrogen) atoms. The molecule has 0 fully saturated rings. The first-order valence-electron chi connectivity index (χ1n) is 27.5. The molecule has 0 N–H and O–H groups in total. The summed E-state index contributed by atoms with van der Waals surface area (Å²) in [5, 5.41) is 14.3. The average molecular weight is 1040 g/mol. The molecule has 2 nitrogen and oxygen atoms in total. The number of hydrogen-bond donors (Lipinski definition) is 0. The lowest BCUT2D eigenvalue weighted by atomic mass is 9.85. The lowest BCUT2D eigenvalue weighted by Crippen LogP contribution is -2.14. The van der Waals surface area contributed by atoms with Crippen molar-refractivity contribution in [2.45, 2.75) is 4.90 Å². The molecule has 0 unspecified atom stereocenters. The van der Waals surface area contributed by atoms with E-state index < -0.39 is 10.0 Å². The molecule has 0 radical (unpaired) electrons. The second-order valence-electron chi connectivity index (χ2n) is 21.6. The lowest BCUT2D eigenvalue weighted by molar-refractivity contribution is 1.28. The first kappa shape index (κ1) is 48.7. The fourth-order valence-corrected chi connectivity index (χ4v) is 13.0. The lowest BCUT2D eigenvalue weighted by Gasteiger charge is -2.33. The van der Waals surface area contributed by atoms with Crippen molar-refractivity contribution >= 4 is 121 Å². The third kappa shape index (κ3) is 8.83. The number of anilines is 6. The molecule has 0 aliphatic rings. The standard InChI is InChI=1S/C77H58N2S/c1-80(2,3)65-47-44-63(45-48-65)78(61-26-8-5-9-27-61)76-69-30-16-18-32-71(69)77(72-33-19-17-31-70(72)76)79(62-42-36-54(37-43-62)35-34-53-20-6-4-7-21-53)64-46-49-68-73(52-64)75(60-41-39-56-23-11-13-25-58(56)51-60)67-29-15-14-28-66(67)74(68)59-40-38-55-22-10-12-24-57(55)50-59/h4-52H,1-3H3/b35-34+. The number of para-hydroxylation sites is 1. The van der Waals surface area contributed by atoms with Crippen molar-refractivity contribution < 1.29 is 0 Å². The number of fused-ring (bicyclic) bond motifs is 6. The van der Waals surface area contributed by atoms with Crippen LogP contribution in [-0.4, -0.2) is 18.8 Å². The molecule has 0 aromatic heterocycles. The van der Waals surface area contributed by atoms with E-state index in [0.29, 0.717) is 0 Å². The van der Waals surface area contributed by atoms with Gasteiger partial charge < -0.3 is 9.80 Å². The molecule has 3 heteroatoms. The fraction of sp³-hybridized carbons (Fsp3) is 0.0390. The monoisotopic (exact) mass is 1040 g/mol. The third-order valence-electron chi connectivity index (χ3n) is 15.9. The zero-order valence-electron chi connectivity index (χ0n) is 45.1. The van der Waals surface area contributed by atoms with Crippen molar-refractivity contribution in [3.05, 3.63) is 296 Å².